The lowest BCUT2D eigenvalue weighted by atomic mass is 9.78. The second-order valence-electron chi connectivity index (χ2n) is 14.5. The lowest BCUT2D eigenvalue weighted by Gasteiger charge is -2.25. The molecule has 1 heterocycles. The third-order valence-corrected chi connectivity index (χ3v) is 11.1. The fourth-order valence-electron chi connectivity index (χ4n) is 8.56. The number of para-hydroxylation sites is 1. The monoisotopic (exact) mass is 621 g/mol. The van der Waals surface area contributed by atoms with E-state index in [1.54, 1.807) is 5.57 Å². The van der Waals surface area contributed by atoms with Gasteiger partial charge in [0.2, 0.25) is 0 Å². The number of furan rings is 1. The van der Waals surface area contributed by atoms with E-state index in [0.717, 1.165) is 35.4 Å². The van der Waals surface area contributed by atoms with Gasteiger partial charge in [-0.2, -0.15) is 0 Å². The Hall–Kier alpha value is -5.34. The maximum atomic E-state index is 6.27. The maximum Gasteiger partial charge on any atom is 0.143 e. The minimum Gasteiger partial charge on any atom is -0.455 e. The molecule has 0 spiro atoms. The molecule has 1 N–H and O–H groups in total. The molecule has 0 atom stereocenters. The Balaban J connectivity index is 0.000000132. The summed E-state index contributed by atoms with van der Waals surface area (Å²) in [7, 11) is 0. The number of fused-ring (bicyclic) bond motifs is 10. The molecule has 3 aliphatic carbocycles. The highest BCUT2D eigenvalue weighted by Crippen LogP contribution is 2.53. The van der Waals surface area contributed by atoms with Gasteiger partial charge in [0.25, 0.3) is 0 Å². The zero-order chi connectivity index (χ0) is 32.6. The summed E-state index contributed by atoms with van der Waals surface area (Å²) in [6, 6.07) is 43.3. The summed E-state index contributed by atoms with van der Waals surface area (Å²) in [6.45, 7) is 9.34. The molecule has 48 heavy (non-hydrogen) atoms. The topological polar surface area (TPSA) is 25.2 Å². The van der Waals surface area contributed by atoms with Crippen LogP contribution in [0.5, 0.6) is 0 Å². The molecular weight excluding hydrogens is 583 g/mol. The molecule has 6 aromatic carbocycles. The minimum absolute atomic E-state index is 0.0301. The lowest BCUT2D eigenvalue weighted by molar-refractivity contribution is 0.606. The second-order valence-corrected chi connectivity index (χ2v) is 14.5. The molecule has 0 bridgehead atoms. The van der Waals surface area contributed by atoms with Gasteiger partial charge in [-0.25, -0.2) is 0 Å². The number of allylic oxidation sites excluding steroid dienone is 4. The van der Waals surface area contributed by atoms with Gasteiger partial charge in [-0.05, 0) is 75.9 Å². The number of hydrogen-bond donors (Lipinski definition) is 1. The zero-order valence-corrected chi connectivity index (χ0v) is 28.0. The van der Waals surface area contributed by atoms with Crippen molar-refractivity contribution in [2.75, 3.05) is 5.32 Å². The van der Waals surface area contributed by atoms with E-state index in [0.29, 0.717) is 0 Å². The van der Waals surface area contributed by atoms with Crippen molar-refractivity contribution in [1.29, 1.82) is 0 Å². The molecule has 0 unspecified atom stereocenters. The molecule has 0 radical (unpaired) electrons. The molecule has 1 aromatic heterocycles. The molecule has 0 fully saturated rings. The molecule has 2 nitrogen and oxygen atoms in total. The number of hydrogen-bond acceptors (Lipinski definition) is 2. The van der Waals surface area contributed by atoms with Gasteiger partial charge in [-0.1, -0.05) is 142 Å². The smallest absolute Gasteiger partial charge is 0.143 e. The molecule has 3 aliphatic rings. The van der Waals surface area contributed by atoms with Crippen LogP contribution in [0.25, 0.3) is 49.4 Å². The van der Waals surface area contributed by atoms with Crippen molar-refractivity contribution in [3.8, 4) is 11.1 Å². The van der Waals surface area contributed by atoms with Crippen molar-refractivity contribution < 1.29 is 4.42 Å². The Morgan fingerprint density at radius 2 is 1.35 bits per heavy atom. The predicted octanol–water partition coefficient (Wildman–Crippen LogP) is 12.9. The van der Waals surface area contributed by atoms with Gasteiger partial charge in [0, 0.05) is 43.9 Å². The molecule has 0 aliphatic heterocycles. The number of nitrogens with one attached hydrogen (secondary N) is 1. The number of anilines is 2. The van der Waals surface area contributed by atoms with Gasteiger partial charge in [0.1, 0.15) is 11.2 Å². The summed E-state index contributed by atoms with van der Waals surface area (Å²) in [6.07, 6.45) is 6.92. The largest absolute Gasteiger partial charge is 0.455 e. The Kier molecular flexibility index (Phi) is 6.36. The molecule has 7 aromatic rings. The first-order valence-corrected chi connectivity index (χ1v) is 17.2. The van der Waals surface area contributed by atoms with Crippen LogP contribution in [-0.2, 0) is 10.8 Å². The molecule has 2 heteroatoms. The molecule has 0 amide bonds. The van der Waals surface area contributed by atoms with Crippen LogP contribution in [0.4, 0.5) is 11.4 Å². The fourth-order valence-corrected chi connectivity index (χ4v) is 8.56. The zero-order valence-electron chi connectivity index (χ0n) is 28.0. The Labute approximate surface area is 282 Å². The minimum atomic E-state index is 0.0301. The first kappa shape index (κ1) is 28.8. The van der Waals surface area contributed by atoms with Crippen LogP contribution in [0.1, 0.15) is 62.8 Å². The highest BCUT2D eigenvalue weighted by Gasteiger charge is 2.39. The second kappa shape index (κ2) is 10.6. The summed E-state index contributed by atoms with van der Waals surface area (Å²) < 4.78 is 6.27. The maximum absolute atomic E-state index is 6.27. The summed E-state index contributed by atoms with van der Waals surface area (Å²) in [5, 5.41) is 8.59. The standard InChI is InChI=1S/C25H21N.C21H18O/c1-25(2)22-12-6-5-11-20(22)21-15-14-18(16-23(21)25)26-24-13-7-9-17-8-3-4-10-19(17)24;1-21(2)16-9-5-3-8-15(16)19-17(21)12-11-14-13-7-4-6-10-18(13)22-20(14)19/h3-16,26H,1-2H3;3-4,6-8,10-12H,5,9H2,1-2H3. The quantitative estimate of drug-likeness (QED) is 0.208. The highest BCUT2D eigenvalue weighted by molar-refractivity contribution is 6.10. The van der Waals surface area contributed by atoms with Gasteiger partial charge in [0.05, 0.1) is 0 Å². The Morgan fingerprint density at radius 3 is 2.25 bits per heavy atom. The fraction of sp³-hybridized carbons (Fsp3) is 0.174. The van der Waals surface area contributed by atoms with Gasteiger partial charge >= 0.3 is 0 Å². The van der Waals surface area contributed by atoms with Crippen LogP contribution in [-0.4, -0.2) is 0 Å². The van der Waals surface area contributed by atoms with E-state index in [4.69, 9.17) is 4.42 Å². The molecular formula is C46H39NO. The number of benzene rings is 6. The normalized spacial score (nSPS) is 16.3. The van der Waals surface area contributed by atoms with Crippen LogP contribution in [0, 0.1) is 0 Å². The van der Waals surface area contributed by atoms with Crippen LogP contribution >= 0.6 is 0 Å². The van der Waals surface area contributed by atoms with Gasteiger partial charge in [-0.3, -0.25) is 0 Å². The van der Waals surface area contributed by atoms with Gasteiger partial charge in [0.15, 0.2) is 0 Å². The van der Waals surface area contributed by atoms with E-state index in [9.17, 15) is 0 Å². The Morgan fingerprint density at radius 1 is 0.604 bits per heavy atom. The van der Waals surface area contributed by atoms with Crippen LogP contribution < -0.4 is 5.32 Å². The van der Waals surface area contributed by atoms with Crippen molar-refractivity contribution in [2.45, 2.75) is 51.4 Å². The van der Waals surface area contributed by atoms with Crippen molar-refractivity contribution in [3.63, 3.8) is 0 Å². The molecule has 0 saturated carbocycles. The summed E-state index contributed by atoms with van der Waals surface area (Å²) in [4.78, 5) is 0. The van der Waals surface area contributed by atoms with Crippen molar-refractivity contribution >= 4 is 49.7 Å². The van der Waals surface area contributed by atoms with E-state index in [2.05, 4.69) is 160 Å². The predicted molar refractivity (Wildman–Crippen MR) is 203 cm³/mol. The first-order valence-electron chi connectivity index (χ1n) is 17.2. The van der Waals surface area contributed by atoms with E-state index >= 15 is 0 Å². The van der Waals surface area contributed by atoms with Crippen molar-refractivity contribution in [3.05, 3.63) is 161 Å². The van der Waals surface area contributed by atoms with Gasteiger partial charge < -0.3 is 9.73 Å². The third kappa shape index (κ3) is 4.25. The van der Waals surface area contributed by atoms with Gasteiger partial charge in [-0.15, -0.1) is 0 Å². The average Bonchev–Trinajstić information content (AvgIpc) is 3.69. The van der Waals surface area contributed by atoms with Crippen LogP contribution in [0.2, 0.25) is 0 Å². The number of rotatable bonds is 2. The third-order valence-electron chi connectivity index (χ3n) is 11.1. The highest BCUT2D eigenvalue weighted by atomic mass is 16.3. The first-order chi connectivity index (χ1) is 23.3. The SMILES string of the molecule is CC1(C)C2=C(C=CCC2)c2c1ccc1c2oc2ccccc21.CC1(C)c2ccccc2-c2ccc(Nc3cccc4ccccc34)cc21. The average molecular weight is 622 g/mol. The molecule has 0 saturated heterocycles. The van der Waals surface area contributed by atoms with Crippen LogP contribution in [0.15, 0.2) is 143 Å². The van der Waals surface area contributed by atoms with E-state index in [1.807, 2.05) is 6.07 Å². The van der Waals surface area contributed by atoms with Crippen molar-refractivity contribution in [1.82, 2.24) is 0 Å². The van der Waals surface area contributed by atoms with E-state index in [-0.39, 0.29) is 10.8 Å². The Bertz CT molecular complexity index is 2480. The molecule has 10 rings (SSSR count). The van der Waals surface area contributed by atoms with Crippen molar-refractivity contribution in [2.24, 2.45) is 0 Å². The van der Waals surface area contributed by atoms with E-state index < -0.39 is 0 Å². The van der Waals surface area contributed by atoms with E-state index in [1.165, 1.54) is 60.5 Å². The summed E-state index contributed by atoms with van der Waals surface area (Å²) >= 11 is 0. The molecule has 234 valence electrons. The summed E-state index contributed by atoms with van der Waals surface area (Å²) in [5.74, 6) is 0. The lowest BCUT2D eigenvalue weighted by Crippen LogP contribution is -2.17. The summed E-state index contributed by atoms with van der Waals surface area (Å²) in [5.41, 5.74) is 15.7. The van der Waals surface area contributed by atoms with Crippen LogP contribution in [0.3, 0.4) is 0 Å².